The highest BCUT2D eigenvalue weighted by molar-refractivity contribution is 5.83. The van der Waals surface area contributed by atoms with E-state index in [0.29, 0.717) is 12.3 Å². The molecule has 0 fully saturated rings. The topological polar surface area (TPSA) is 66.4 Å². The first kappa shape index (κ1) is 11.9. The molecule has 1 unspecified atom stereocenters. The van der Waals surface area contributed by atoms with Crippen LogP contribution in [0.3, 0.4) is 0 Å². The number of hydrogen-bond donors (Lipinski definition) is 2. The van der Waals surface area contributed by atoms with Crippen LogP contribution in [0.5, 0.6) is 0 Å². The highest BCUT2D eigenvalue weighted by Gasteiger charge is 2.14. The Kier molecular flexibility index (Phi) is 5.11. The molecule has 4 nitrogen and oxygen atoms in total. The van der Waals surface area contributed by atoms with E-state index in [0.717, 1.165) is 6.42 Å². The van der Waals surface area contributed by atoms with Gasteiger partial charge in [0.05, 0.1) is 0 Å². The van der Waals surface area contributed by atoms with Crippen LogP contribution in [0.4, 0.5) is 0 Å². The minimum Gasteiger partial charge on any atom is -0.480 e. The molecule has 0 saturated carbocycles. The van der Waals surface area contributed by atoms with Gasteiger partial charge in [-0.25, -0.2) is 0 Å². The molecule has 0 aliphatic rings. The van der Waals surface area contributed by atoms with Gasteiger partial charge in [0.1, 0.15) is 6.04 Å². The van der Waals surface area contributed by atoms with Crippen molar-refractivity contribution in [1.82, 2.24) is 5.32 Å². The quantitative estimate of drug-likeness (QED) is 0.675. The molecular formula is C9H17NO3. The first-order valence-electron chi connectivity index (χ1n) is 4.49. The van der Waals surface area contributed by atoms with Crippen LogP contribution < -0.4 is 5.32 Å². The SMILES string of the molecule is CCC(C)CC(=O)N[C@H](C)C(=O)O. The van der Waals surface area contributed by atoms with E-state index in [1.54, 1.807) is 0 Å². The first-order chi connectivity index (χ1) is 5.97. The predicted molar refractivity (Wildman–Crippen MR) is 49.3 cm³/mol. The Balaban J connectivity index is 3.81. The molecular weight excluding hydrogens is 170 g/mol. The van der Waals surface area contributed by atoms with E-state index in [9.17, 15) is 9.59 Å². The molecule has 13 heavy (non-hydrogen) atoms. The number of nitrogens with one attached hydrogen (secondary N) is 1. The Morgan fingerprint density at radius 1 is 1.38 bits per heavy atom. The van der Waals surface area contributed by atoms with Crippen LogP contribution in [0.1, 0.15) is 33.6 Å². The molecule has 0 aromatic heterocycles. The Labute approximate surface area is 78.3 Å². The number of carboxylic acids is 1. The standard InChI is InChI=1S/C9H17NO3/c1-4-6(2)5-8(11)10-7(3)9(12)13/h6-7H,4-5H2,1-3H3,(H,10,11)(H,12,13)/t6?,7-/m1/s1. The Hall–Kier alpha value is -1.06. The summed E-state index contributed by atoms with van der Waals surface area (Å²) >= 11 is 0. The Bertz CT molecular complexity index is 191. The van der Waals surface area contributed by atoms with Crippen molar-refractivity contribution < 1.29 is 14.7 Å². The summed E-state index contributed by atoms with van der Waals surface area (Å²) < 4.78 is 0. The van der Waals surface area contributed by atoms with Crippen LogP contribution in [0, 0.1) is 5.92 Å². The Morgan fingerprint density at radius 2 is 1.92 bits per heavy atom. The van der Waals surface area contributed by atoms with Gasteiger partial charge in [0, 0.05) is 6.42 Å². The highest BCUT2D eigenvalue weighted by Crippen LogP contribution is 2.05. The van der Waals surface area contributed by atoms with Gasteiger partial charge in [0.15, 0.2) is 0 Å². The molecule has 0 aliphatic heterocycles. The maximum absolute atomic E-state index is 11.2. The van der Waals surface area contributed by atoms with Crippen molar-refractivity contribution in [3.63, 3.8) is 0 Å². The second-order valence-electron chi connectivity index (χ2n) is 3.34. The van der Waals surface area contributed by atoms with Crippen molar-refractivity contribution in [1.29, 1.82) is 0 Å². The number of carboxylic acid groups (broad SMARTS) is 1. The lowest BCUT2D eigenvalue weighted by molar-refractivity contribution is -0.141. The van der Waals surface area contributed by atoms with Crippen molar-refractivity contribution in [3.05, 3.63) is 0 Å². The van der Waals surface area contributed by atoms with Gasteiger partial charge < -0.3 is 10.4 Å². The average Bonchev–Trinajstić information content (AvgIpc) is 2.03. The lowest BCUT2D eigenvalue weighted by Crippen LogP contribution is -2.38. The van der Waals surface area contributed by atoms with Gasteiger partial charge in [-0.05, 0) is 12.8 Å². The number of carbonyl (C=O) groups excluding carboxylic acids is 1. The molecule has 0 spiro atoms. The summed E-state index contributed by atoms with van der Waals surface area (Å²) in [5.41, 5.74) is 0. The lowest BCUT2D eigenvalue weighted by atomic mass is 10.0. The molecule has 0 bridgehead atoms. The van der Waals surface area contributed by atoms with Gasteiger partial charge in [0.25, 0.3) is 0 Å². The molecule has 2 atom stereocenters. The molecule has 0 radical (unpaired) electrons. The van der Waals surface area contributed by atoms with Crippen LogP contribution in [-0.2, 0) is 9.59 Å². The van der Waals surface area contributed by atoms with Crippen LogP contribution in [0.15, 0.2) is 0 Å². The monoisotopic (exact) mass is 187 g/mol. The maximum atomic E-state index is 11.2. The zero-order chi connectivity index (χ0) is 10.4. The van der Waals surface area contributed by atoms with Crippen LogP contribution in [0.25, 0.3) is 0 Å². The second kappa shape index (κ2) is 5.56. The fourth-order valence-electron chi connectivity index (χ4n) is 0.823. The first-order valence-corrected chi connectivity index (χ1v) is 4.49. The smallest absolute Gasteiger partial charge is 0.325 e. The van der Waals surface area contributed by atoms with E-state index in [4.69, 9.17) is 5.11 Å². The fourth-order valence-corrected chi connectivity index (χ4v) is 0.823. The zero-order valence-electron chi connectivity index (χ0n) is 8.33. The third-order valence-electron chi connectivity index (χ3n) is 1.98. The lowest BCUT2D eigenvalue weighted by Gasteiger charge is -2.11. The van der Waals surface area contributed by atoms with E-state index in [1.807, 2.05) is 13.8 Å². The van der Waals surface area contributed by atoms with E-state index < -0.39 is 12.0 Å². The van der Waals surface area contributed by atoms with E-state index in [-0.39, 0.29) is 5.91 Å². The minimum absolute atomic E-state index is 0.191. The molecule has 0 heterocycles. The van der Waals surface area contributed by atoms with E-state index in [1.165, 1.54) is 6.92 Å². The minimum atomic E-state index is -1.00. The average molecular weight is 187 g/mol. The molecule has 2 N–H and O–H groups in total. The largest absolute Gasteiger partial charge is 0.480 e. The van der Waals surface area contributed by atoms with Crippen molar-refractivity contribution in [3.8, 4) is 0 Å². The second-order valence-corrected chi connectivity index (χ2v) is 3.34. The molecule has 76 valence electrons. The van der Waals surface area contributed by atoms with Crippen LogP contribution in [-0.4, -0.2) is 23.0 Å². The number of aliphatic carboxylic acids is 1. The van der Waals surface area contributed by atoms with Crippen LogP contribution >= 0.6 is 0 Å². The van der Waals surface area contributed by atoms with Crippen molar-refractivity contribution in [2.75, 3.05) is 0 Å². The molecule has 0 aliphatic carbocycles. The van der Waals surface area contributed by atoms with Crippen molar-refractivity contribution in [2.45, 2.75) is 39.7 Å². The highest BCUT2D eigenvalue weighted by atomic mass is 16.4. The Morgan fingerprint density at radius 3 is 2.31 bits per heavy atom. The normalized spacial score (nSPS) is 14.7. The van der Waals surface area contributed by atoms with Gasteiger partial charge in [-0.2, -0.15) is 0 Å². The van der Waals surface area contributed by atoms with Crippen molar-refractivity contribution >= 4 is 11.9 Å². The maximum Gasteiger partial charge on any atom is 0.325 e. The number of rotatable bonds is 5. The summed E-state index contributed by atoms with van der Waals surface area (Å²) in [6, 6.07) is -0.795. The summed E-state index contributed by atoms with van der Waals surface area (Å²) in [4.78, 5) is 21.5. The third kappa shape index (κ3) is 5.22. The fraction of sp³-hybridized carbons (Fsp3) is 0.778. The third-order valence-corrected chi connectivity index (χ3v) is 1.98. The zero-order valence-corrected chi connectivity index (χ0v) is 8.33. The van der Waals surface area contributed by atoms with E-state index >= 15 is 0 Å². The molecule has 0 rings (SSSR count). The molecule has 0 saturated heterocycles. The predicted octanol–water partition coefficient (Wildman–Crippen LogP) is 1.01. The van der Waals surface area contributed by atoms with Gasteiger partial charge in [-0.15, -0.1) is 0 Å². The molecule has 0 aromatic rings. The van der Waals surface area contributed by atoms with Gasteiger partial charge in [-0.1, -0.05) is 20.3 Å². The van der Waals surface area contributed by atoms with Crippen LogP contribution in [0.2, 0.25) is 0 Å². The van der Waals surface area contributed by atoms with Gasteiger partial charge in [0.2, 0.25) is 5.91 Å². The van der Waals surface area contributed by atoms with Gasteiger partial charge in [-0.3, -0.25) is 9.59 Å². The van der Waals surface area contributed by atoms with E-state index in [2.05, 4.69) is 5.32 Å². The number of amides is 1. The summed E-state index contributed by atoms with van der Waals surface area (Å²) in [5.74, 6) is -0.886. The molecule has 0 aromatic carbocycles. The summed E-state index contributed by atoms with van der Waals surface area (Å²) in [5, 5.41) is 10.9. The van der Waals surface area contributed by atoms with Crippen molar-refractivity contribution in [2.24, 2.45) is 5.92 Å². The van der Waals surface area contributed by atoms with Gasteiger partial charge >= 0.3 is 5.97 Å². The summed E-state index contributed by atoms with van der Waals surface area (Å²) in [6.45, 7) is 5.42. The number of carbonyl (C=O) groups is 2. The summed E-state index contributed by atoms with van der Waals surface area (Å²) in [6.07, 6.45) is 1.32. The summed E-state index contributed by atoms with van der Waals surface area (Å²) in [7, 11) is 0. The molecule has 4 heteroatoms. The number of hydrogen-bond acceptors (Lipinski definition) is 2. The molecule has 1 amide bonds.